The van der Waals surface area contributed by atoms with Crippen LogP contribution in [0.15, 0.2) is 11.6 Å². The van der Waals surface area contributed by atoms with E-state index in [1.165, 1.54) is 5.57 Å². The molecule has 5 heteroatoms. The van der Waals surface area contributed by atoms with Crippen molar-refractivity contribution in [2.24, 2.45) is 34.5 Å². The molecule has 4 atom stereocenters. The lowest BCUT2D eigenvalue weighted by atomic mass is 9.46. The molecule has 124 valence electrons. The second kappa shape index (κ2) is 5.36. The Balaban J connectivity index is 2.43. The monoisotopic (exact) mass is 309 g/mol. The number of rotatable bonds is 5. The van der Waals surface area contributed by atoms with Gasteiger partial charge in [-0.05, 0) is 36.0 Å². The van der Waals surface area contributed by atoms with E-state index >= 15 is 0 Å². The maximum Gasteiger partial charge on any atom is 0.307 e. The molecule has 1 saturated carbocycles. The van der Waals surface area contributed by atoms with Gasteiger partial charge in [0.25, 0.3) is 0 Å². The van der Waals surface area contributed by atoms with Gasteiger partial charge >= 0.3 is 5.97 Å². The first-order valence-electron chi connectivity index (χ1n) is 8.04. The first-order valence-corrected chi connectivity index (χ1v) is 8.04. The third-order valence-electron chi connectivity index (χ3n) is 5.56. The third kappa shape index (κ3) is 2.66. The Morgan fingerprint density at radius 2 is 2.09 bits per heavy atom. The fourth-order valence-electron chi connectivity index (χ4n) is 4.88. The lowest BCUT2D eigenvalue weighted by molar-refractivity contribution is -0.510. The molecule has 22 heavy (non-hydrogen) atoms. The molecule has 5 nitrogen and oxygen atoms in total. The smallest absolute Gasteiger partial charge is 0.307 e. The standard InChI is InChI=1S/C17H27NO4/c1-10(2)11-6-12-8-17(9-18(21)22,13(12)7-11)14(15(19)20)16(3,4)5/h7,10,12-14H,6,8-9H2,1-5H3,(H,19,20)/t12-,13-,14?,17+/m0/s1. The second-order valence-electron chi connectivity index (χ2n) is 8.45. The molecule has 1 fully saturated rings. The van der Waals surface area contributed by atoms with Gasteiger partial charge in [0, 0.05) is 4.92 Å². The minimum atomic E-state index is -0.904. The highest BCUT2D eigenvalue weighted by atomic mass is 16.6. The summed E-state index contributed by atoms with van der Waals surface area (Å²) in [4.78, 5) is 22.9. The van der Waals surface area contributed by atoms with E-state index in [1.807, 2.05) is 20.8 Å². The van der Waals surface area contributed by atoms with E-state index in [0.717, 1.165) is 6.42 Å². The molecular weight excluding hydrogens is 282 g/mol. The number of carboxylic acid groups (broad SMARTS) is 1. The summed E-state index contributed by atoms with van der Waals surface area (Å²) in [5.74, 6) is -0.748. The number of carbonyl (C=O) groups is 1. The summed E-state index contributed by atoms with van der Waals surface area (Å²) >= 11 is 0. The van der Waals surface area contributed by atoms with E-state index in [2.05, 4.69) is 19.9 Å². The first kappa shape index (κ1) is 17.0. The number of hydrogen-bond donors (Lipinski definition) is 1. The molecule has 0 aromatic rings. The summed E-state index contributed by atoms with van der Waals surface area (Å²) in [5.41, 5.74) is 0.0918. The summed E-state index contributed by atoms with van der Waals surface area (Å²) in [6.07, 6.45) is 3.78. The average molecular weight is 309 g/mol. The van der Waals surface area contributed by atoms with Gasteiger partial charge in [-0.25, -0.2) is 0 Å². The Morgan fingerprint density at radius 3 is 2.50 bits per heavy atom. The topological polar surface area (TPSA) is 80.4 Å². The third-order valence-corrected chi connectivity index (χ3v) is 5.56. The largest absolute Gasteiger partial charge is 0.481 e. The molecule has 2 aliphatic rings. The van der Waals surface area contributed by atoms with Crippen molar-refractivity contribution in [3.05, 3.63) is 21.8 Å². The van der Waals surface area contributed by atoms with Crippen LogP contribution in [0.25, 0.3) is 0 Å². The van der Waals surface area contributed by atoms with E-state index < -0.39 is 22.7 Å². The van der Waals surface area contributed by atoms with Crippen molar-refractivity contribution in [1.82, 2.24) is 0 Å². The lowest BCUT2D eigenvalue weighted by Gasteiger charge is -2.55. The Morgan fingerprint density at radius 1 is 1.50 bits per heavy atom. The normalized spacial score (nSPS) is 32.2. The van der Waals surface area contributed by atoms with Crippen LogP contribution in [0, 0.1) is 44.6 Å². The number of allylic oxidation sites excluding steroid dienone is 2. The van der Waals surface area contributed by atoms with Crippen molar-refractivity contribution < 1.29 is 14.8 Å². The predicted octanol–water partition coefficient (Wildman–Crippen LogP) is 3.62. The number of nitro groups is 1. The second-order valence-corrected chi connectivity index (χ2v) is 8.45. The first-order chi connectivity index (χ1) is 9.99. The number of carboxylic acids is 1. The molecule has 0 spiro atoms. The van der Waals surface area contributed by atoms with E-state index in [-0.39, 0.29) is 17.4 Å². The number of aliphatic carboxylic acids is 1. The van der Waals surface area contributed by atoms with Crippen LogP contribution in [0.3, 0.4) is 0 Å². The van der Waals surface area contributed by atoms with Gasteiger partial charge in [-0.15, -0.1) is 0 Å². The van der Waals surface area contributed by atoms with Crippen LogP contribution in [0.1, 0.15) is 47.5 Å². The van der Waals surface area contributed by atoms with Crippen LogP contribution in [0.2, 0.25) is 0 Å². The minimum Gasteiger partial charge on any atom is -0.481 e. The van der Waals surface area contributed by atoms with Crippen molar-refractivity contribution >= 4 is 5.97 Å². The number of hydrogen-bond acceptors (Lipinski definition) is 3. The summed E-state index contributed by atoms with van der Waals surface area (Å²) in [5, 5.41) is 21.0. The molecular formula is C17H27NO4. The Bertz CT molecular complexity index is 517. The number of fused-ring (bicyclic) bond motifs is 1. The fourth-order valence-corrected chi connectivity index (χ4v) is 4.88. The molecule has 0 aliphatic heterocycles. The summed E-state index contributed by atoms with van der Waals surface area (Å²) < 4.78 is 0. The molecule has 2 aliphatic carbocycles. The molecule has 0 radical (unpaired) electrons. The quantitative estimate of drug-likeness (QED) is 0.478. The lowest BCUT2D eigenvalue weighted by Crippen LogP contribution is -2.59. The van der Waals surface area contributed by atoms with Crippen molar-refractivity contribution in [2.75, 3.05) is 6.54 Å². The molecule has 1 unspecified atom stereocenters. The molecule has 2 rings (SSSR count). The summed E-state index contributed by atoms with van der Waals surface area (Å²) in [6.45, 7) is 9.65. The molecule has 0 heterocycles. The van der Waals surface area contributed by atoms with Gasteiger partial charge in [0.2, 0.25) is 6.54 Å². The fraction of sp³-hybridized carbons (Fsp3) is 0.824. The molecule has 1 N–H and O–H groups in total. The zero-order valence-electron chi connectivity index (χ0n) is 14.1. The van der Waals surface area contributed by atoms with Crippen molar-refractivity contribution in [3.8, 4) is 0 Å². The summed E-state index contributed by atoms with van der Waals surface area (Å²) in [7, 11) is 0. The van der Waals surface area contributed by atoms with Crippen molar-refractivity contribution in [1.29, 1.82) is 0 Å². The van der Waals surface area contributed by atoms with E-state index in [4.69, 9.17) is 0 Å². The van der Waals surface area contributed by atoms with Gasteiger partial charge in [-0.2, -0.15) is 0 Å². The summed E-state index contributed by atoms with van der Waals surface area (Å²) in [6, 6.07) is 0. The molecule has 0 amide bonds. The SMILES string of the molecule is CC(C)C1=C[C@H]2[C@@H](C1)C[C@]2(C[N+](=O)[O-])C(C(=O)O)C(C)(C)C. The van der Waals surface area contributed by atoms with Gasteiger partial charge < -0.3 is 5.11 Å². The van der Waals surface area contributed by atoms with Crippen molar-refractivity contribution in [3.63, 3.8) is 0 Å². The van der Waals surface area contributed by atoms with E-state index in [9.17, 15) is 20.0 Å². The Hall–Kier alpha value is -1.39. The van der Waals surface area contributed by atoms with Gasteiger partial charge in [0.1, 0.15) is 0 Å². The van der Waals surface area contributed by atoms with Gasteiger partial charge in [0.05, 0.1) is 11.3 Å². The van der Waals surface area contributed by atoms with Crippen LogP contribution in [-0.2, 0) is 4.79 Å². The van der Waals surface area contributed by atoms with E-state index in [1.54, 1.807) is 0 Å². The average Bonchev–Trinajstić information content (AvgIpc) is 2.63. The highest BCUT2D eigenvalue weighted by Gasteiger charge is 2.65. The zero-order valence-corrected chi connectivity index (χ0v) is 14.1. The predicted molar refractivity (Wildman–Crippen MR) is 84.0 cm³/mol. The van der Waals surface area contributed by atoms with Crippen LogP contribution in [-0.4, -0.2) is 22.5 Å². The van der Waals surface area contributed by atoms with Gasteiger partial charge in [0.15, 0.2) is 0 Å². The molecule has 0 bridgehead atoms. The Kier molecular flexibility index (Phi) is 4.13. The zero-order chi connectivity index (χ0) is 16.9. The number of nitrogens with zero attached hydrogens (tertiary/aromatic N) is 1. The van der Waals surface area contributed by atoms with Crippen LogP contribution < -0.4 is 0 Å². The van der Waals surface area contributed by atoms with Crippen LogP contribution in [0.4, 0.5) is 0 Å². The Labute approximate surface area is 131 Å². The highest BCUT2D eigenvalue weighted by molar-refractivity contribution is 5.72. The molecule has 0 aromatic carbocycles. The van der Waals surface area contributed by atoms with Crippen LogP contribution in [0.5, 0.6) is 0 Å². The minimum absolute atomic E-state index is 0.0376. The molecule has 0 saturated heterocycles. The maximum absolute atomic E-state index is 11.9. The van der Waals surface area contributed by atoms with Gasteiger partial charge in [-0.3, -0.25) is 14.9 Å². The van der Waals surface area contributed by atoms with Crippen molar-refractivity contribution in [2.45, 2.75) is 47.5 Å². The van der Waals surface area contributed by atoms with Crippen LogP contribution >= 0.6 is 0 Å². The highest BCUT2D eigenvalue weighted by Crippen LogP contribution is 2.64. The van der Waals surface area contributed by atoms with E-state index in [0.29, 0.717) is 18.3 Å². The van der Waals surface area contributed by atoms with Gasteiger partial charge in [-0.1, -0.05) is 46.3 Å². The molecule has 0 aromatic heterocycles. The maximum atomic E-state index is 11.9.